The summed E-state index contributed by atoms with van der Waals surface area (Å²) in [5, 5.41) is 4.06. The predicted octanol–water partition coefficient (Wildman–Crippen LogP) is 2.30. The Morgan fingerprint density at radius 1 is 1.62 bits per heavy atom. The van der Waals surface area contributed by atoms with Gasteiger partial charge < -0.3 is 0 Å². The Morgan fingerprint density at radius 3 is 3.08 bits per heavy atom. The van der Waals surface area contributed by atoms with E-state index in [9.17, 15) is 4.79 Å². The van der Waals surface area contributed by atoms with Crippen molar-refractivity contribution in [3.05, 3.63) is 34.6 Å². The molecule has 0 unspecified atom stereocenters. The minimum absolute atomic E-state index is 0.0353. The average Bonchev–Trinajstić information content (AvgIpc) is 2.46. The number of carbonyl (C=O) groups excluding carboxylic acids is 1. The van der Waals surface area contributed by atoms with Crippen LogP contribution in [0.15, 0.2) is 29.0 Å². The standard InChI is InChI=1S/C9H7BrN2O/c1-6(13)8-5-11-12-3-2-7(10)4-9(8)12/h2-5H,1H3. The Hall–Kier alpha value is -1.16. The third kappa shape index (κ3) is 1.37. The van der Waals surface area contributed by atoms with Crippen LogP contribution in [0.5, 0.6) is 0 Å². The third-order valence-electron chi connectivity index (χ3n) is 1.86. The Balaban J connectivity index is 2.79. The molecule has 66 valence electrons. The van der Waals surface area contributed by atoms with Gasteiger partial charge in [0.1, 0.15) is 0 Å². The molecule has 0 aromatic carbocycles. The number of nitrogens with zero attached hydrogens (tertiary/aromatic N) is 2. The highest BCUT2D eigenvalue weighted by Gasteiger charge is 2.07. The lowest BCUT2D eigenvalue weighted by atomic mass is 10.2. The first-order chi connectivity index (χ1) is 6.18. The molecule has 4 heteroatoms. The molecule has 2 heterocycles. The lowest BCUT2D eigenvalue weighted by Crippen LogP contribution is -1.91. The number of carbonyl (C=O) groups is 1. The minimum Gasteiger partial charge on any atom is -0.294 e. The summed E-state index contributed by atoms with van der Waals surface area (Å²) in [7, 11) is 0. The van der Waals surface area contributed by atoms with Crippen molar-refractivity contribution in [1.82, 2.24) is 9.61 Å². The zero-order chi connectivity index (χ0) is 9.42. The fourth-order valence-electron chi connectivity index (χ4n) is 1.23. The molecule has 0 amide bonds. The third-order valence-corrected chi connectivity index (χ3v) is 2.36. The normalized spacial score (nSPS) is 10.6. The van der Waals surface area contributed by atoms with E-state index >= 15 is 0 Å². The van der Waals surface area contributed by atoms with Crippen LogP contribution in [0, 0.1) is 0 Å². The van der Waals surface area contributed by atoms with Crippen LogP contribution in [-0.2, 0) is 0 Å². The van der Waals surface area contributed by atoms with Crippen molar-refractivity contribution >= 4 is 27.2 Å². The number of fused-ring (bicyclic) bond motifs is 1. The number of aromatic nitrogens is 2. The van der Waals surface area contributed by atoms with Gasteiger partial charge in [0, 0.05) is 10.7 Å². The largest absolute Gasteiger partial charge is 0.294 e. The van der Waals surface area contributed by atoms with Crippen LogP contribution < -0.4 is 0 Å². The van der Waals surface area contributed by atoms with Gasteiger partial charge in [0.15, 0.2) is 5.78 Å². The van der Waals surface area contributed by atoms with Gasteiger partial charge in [-0.05, 0) is 19.1 Å². The second-order valence-corrected chi connectivity index (χ2v) is 3.70. The number of ketones is 1. The molecular formula is C9H7BrN2O. The van der Waals surface area contributed by atoms with Crippen LogP contribution in [0.1, 0.15) is 17.3 Å². The Kier molecular flexibility index (Phi) is 1.92. The second kappa shape index (κ2) is 2.96. The summed E-state index contributed by atoms with van der Waals surface area (Å²) in [5.74, 6) is 0.0353. The van der Waals surface area contributed by atoms with Gasteiger partial charge in [-0.15, -0.1) is 0 Å². The van der Waals surface area contributed by atoms with Gasteiger partial charge in [0.25, 0.3) is 0 Å². The molecule has 0 atom stereocenters. The summed E-state index contributed by atoms with van der Waals surface area (Å²) >= 11 is 3.35. The van der Waals surface area contributed by atoms with Gasteiger partial charge in [-0.3, -0.25) is 4.79 Å². The fraction of sp³-hybridized carbons (Fsp3) is 0.111. The van der Waals surface area contributed by atoms with E-state index in [0.29, 0.717) is 5.56 Å². The number of rotatable bonds is 1. The summed E-state index contributed by atoms with van der Waals surface area (Å²) in [5.41, 5.74) is 1.49. The lowest BCUT2D eigenvalue weighted by Gasteiger charge is -1.95. The highest BCUT2D eigenvalue weighted by molar-refractivity contribution is 9.10. The number of halogens is 1. The zero-order valence-corrected chi connectivity index (χ0v) is 8.58. The van der Waals surface area contributed by atoms with E-state index in [2.05, 4.69) is 21.0 Å². The van der Waals surface area contributed by atoms with E-state index in [0.717, 1.165) is 9.99 Å². The summed E-state index contributed by atoms with van der Waals surface area (Å²) < 4.78 is 2.63. The quantitative estimate of drug-likeness (QED) is 0.715. The van der Waals surface area contributed by atoms with Crippen molar-refractivity contribution in [1.29, 1.82) is 0 Å². The van der Waals surface area contributed by atoms with Crippen molar-refractivity contribution in [2.24, 2.45) is 0 Å². The molecule has 2 aromatic heterocycles. The zero-order valence-electron chi connectivity index (χ0n) is 6.99. The molecule has 3 nitrogen and oxygen atoms in total. The van der Waals surface area contributed by atoms with Crippen molar-refractivity contribution < 1.29 is 4.79 Å². The maximum absolute atomic E-state index is 11.2. The van der Waals surface area contributed by atoms with Crippen LogP contribution in [0.25, 0.3) is 5.52 Å². The smallest absolute Gasteiger partial charge is 0.163 e. The van der Waals surface area contributed by atoms with Crippen molar-refractivity contribution in [2.45, 2.75) is 6.92 Å². The lowest BCUT2D eigenvalue weighted by molar-refractivity contribution is 0.101. The van der Waals surface area contributed by atoms with Gasteiger partial charge in [-0.25, -0.2) is 4.52 Å². The van der Waals surface area contributed by atoms with Gasteiger partial charge in [0.05, 0.1) is 17.3 Å². The Labute approximate surface area is 83.5 Å². The van der Waals surface area contributed by atoms with E-state index in [1.165, 1.54) is 6.92 Å². The molecule has 0 spiro atoms. The van der Waals surface area contributed by atoms with E-state index in [4.69, 9.17) is 0 Å². The van der Waals surface area contributed by atoms with Crippen LogP contribution in [0.3, 0.4) is 0 Å². The molecule has 0 aliphatic rings. The van der Waals surface area contributed by atoms with E-state index in [-0.39, 0.29) is 5.78 Å². The van der Waals surface area contributed by atoms with Gasteiger partial charge in [-0.1, -0.05) is 15.9 Å². The Morgan fingerprint density at radius 2 is 2.38 bits per heavy atom. The van der Waals surface area contributed by atoms with Crippen molar-refractivity contribution in [2.75, 3.05) is 0 Å². The van der Waals surface area contributed by atoms with Gasteiger partial charge in [-0.2, -0.15) is 5.10 Å². The topological polar surface area (TPSA) is 34.4 Å². The highest BCUT2D eigenvalue weighted by atomic mass is 79.9. The van der Waals surface area contributed by atoms with E-state index in [1.54, 1.807) is 10.7 Å². The van der Waals surface area contributed by atoms with E-state index in [1.807, 2.05) is 18.3 Å². The maximum atomic E-state index is 11.2. The number of hydrogen-bond donors (Lipinski definition) is 0. The average molecular weight is 239 g/mol. The molecule has 0 bridgehead atoms. The minimum atomic E-state index is 0.0353. The molecular weight excluding hydrogens is 232 g/mol. The molecule has 0 N–H and O–H groups in total. The number of hydrogen-bond acceptors (Lipinski definition) is 2. The van der Waals surface area contributed by atoms with Crippen molar-refractivity contribution in [3.8, 4) is 0 Å². The molecule has 2 aromatic rings. The first kappa shape index (κ1) is 8.44. The predicted molar refractivity (Wildman–Crippen MR) is 52.9 cm³/mol. The van der Waals surface area contributed by atoms with Crippen LogP contribution in [-0.4, -0.2) is 15.4 Å². The number of pyridine rings is 1. The second-order valence-electron chi connectivity index (χ2n) is 2.79. The van der Waals surface area contributed by atoms with Crippen LogP contribution >= 0.6 is 15.9 Å². The fourth-order valence-corrected chi connectivity index (χ4v) is 1.56. The molecule has 0 saturated heterocycles. The Bertz CT molecular complexity index is 475. The summed E-state index contributed by atoms with van der Waals surface area (Å²) in [4.78, 5) is 11.2. The molecule has 13 heavy (non-hydrogen) atoms. The summed E-state index contributed by atoms with van der Waals surface area (Å²) in [6, 6.07) is 3.76. The molecule has 0 radical (unpaired) electrons. The van der Waals surface area contributed by atoms with Crippen LogP contribution in [0.2, 0.25) is 0 Å². The first-order valence-corrected chi connectivity index (χ1v) is 4.61. The summed E-state index contributed by atoms with van der Waals surface area (Å²) in [6.45, 7) is 1.54. The number of Topliss-reactive ketones (excluding diaryl/α,β-unsaturated/α-hetero) is 1. The van der Waals surface area contributed by atoms with E-state index < -0.39 is 0 Å². The monoisotopic (exact) mass is 238 g/mol. The summed E-state index contributed by atoms with van der Waals surface area (Å²) in [6.07, 6.45) is 3.40. The first-order valence-electron chi connectivity index (χ1n) is 3.82. The molecule has 2 rings (SSSR count). The maximum Gasteiger partial charge on any atom is 0.163 e. The van der Waals surface area contributed by atoms with Gasteiger partial charge in [0.2, 0.25) is 0 Å². The highest BCUT2D eigenvalue weighted by Crippen LogP contribution is 2.16. The van der Waals surface area contributed by atoms with Crippen LogP contribution in [0.4, 0.5) is 0 Å². The molecule has 0 aliphatic carbocycles. The molecule has 0 aliphatic heterocycles. The SMILES string of the molecule is CC(=O)c1cnn2ccc(Br)cc12. The van der Waals surface area contributed by atoms with Gasteiger partial charge >= 0.3 is 0 Å². The molecule has 0 fully saturated rings. The molecule has 0 saturated carbocycles. The van der Waals surface area contributed by atoms with Crippen molar-refractivity contribution in [3.63, 3.8) is 0 Å².